The third-order valence-electron chi connectivity index (χ3n) is 4.23. The highest BCUT2D eigenvalue weighted by Gasteiger charge is 2.26. The predicted octanol–water partition coefficient (Wildman–Crippen LogP) is 0.296. The number of rotatable bonds is 6. The quantitative estimate of drug-likeness (QED) is 0.691. The summed E-state index contributed by atoms with van der Waals surface area (Å²) < 4.78 is 29.0. The lowest BCUT2D eigenvalue weighted by Crippen LogP contribution is -2.50. The third kappa shape index (κ3) is 5.76. The van der Waals surface area contributed by atoms with Gasteiger partial charge in [-0.25, -0.2) is 13.2 Å². The van der Waals surface area contributed by atoms with Crippen LogP contribution in [0.15, 0.2) is 24.3 Å². The molecule has 9 nitrogen and oxygen atoms in total. The number of sulfonamides is 1. The topological polar surface area (TPSA) is 113 Å². The van der Waals surface area contributed by atoms with Gasteiger partial charge in [-0.05, 0) is 12.1 Å². The maximum Gasteiger partial charge on any atom is 0.339 e. The van der Waals surface area contributed by atoms with Crippen molar-refractivity contribution < 1.29 is 27.5 Å². The molecule has 0 spiro atoms. The Bertz CT molecular complexity index is 816. The maximum absolute atomic E-state index is 12.2. The van der Waals surface area contributed by atoms with E-state index in [0.29, 0.717) is 18.8 Å². The van der Waals surface area contributed by atoms with Crippen molar-refractivity contribution in [2.24, 2.45) is 0 Å². The lowest BCUT2D eigenvalue weighted by Gasteiger charge is -2.33. The van der Waals surface area contributed by atoms with Crippen molar-refractivity contribution in [2.45, 2.75) is 12.8 Å². The van der Waals surface area contributed by atoms with Crippen LogP contribution in [0.1, 0.15) is 23.2 Å². The minimum atomic E-state index is -3.26. The number of hydrogen-bond donors (Lipinski definition) is 1. The maximum atomic E-state index is 12.2. The van der Waals surface area contributed by atoms with Crippen LogP contribution in [0.3, 0.4) is 0 Å². The SMILES string of the molecule is COC(=O)c1ccccc1NC(=O)CCC(=O)N1CCN(S(C)(=O)=O)CC1. The van der Waals surface area contributed by atoms with Gasteiger partial charge in [-0.15, -0.1) is 0 Å². The number of amides is 2. The van der Waals surface area contributed by atoms with E-state index in [0.717, 1.165) is 6.26 Å². The van der Waals surface area contributed by atoms with Crippen molar-refractivity contribution in [1.29, 1.82) is 0 Å². The monoisotopic (exact) mass is 397 g/mol. The number of nitrogens with one attached hydrogen (secondary N) is 1. The molecule has 0 aliphatic carbocycles. The number of methoxy groups -OCH3 is 1. The summed E-state index contributed by atoms with van der Waals surface area (Å²) in [5.74, 6) is -1.17. The van der Waals surface area contributed by atoms with Gasteiger partial charge in [-0.3, -0.25) is 9.59 Å². The molecule has 0 radical (unpaired) electrons. The third-order valence-corrected chi connectivity index (χ3v) is 5.54. The molecule has 1 N–H and O–H groups in total. The number of anilines is 1. The molecule has 27 heavy (non-hydrogen) atoms. The molecular weight excluding hydrogens is 374 g/mol. The fraction of sp³-hybridized carbons (Fsp3) is 0.471. The minimum Gasteiger partial charge on any atom is -0.465 e. The van der Waals surface area contributed by atoms with E-state index in [9.17, 15) is 22.8 Å². The van der Waals surface area contributed by atoms with Gasteiger partial charge in [0.1, 0.15) is 0 Å². The van der Waals surface area contributed by atoms with Gasteiger partial charge in [0.05, 0.1) is 24.6 Å². The highest BCUT2D eigenvalue weighted by atomic mass is 32.2. The zero-order chi connectivity index (χ0) is 20.0. The first-order chi connectivity index (χ1) is 12.7. The Balaban J connectivity index is 1.84. The molecule has 2 amide bonds. The second-order valence-corrected chi connectivity index (χ2v) is 8.11. The van der Waals surface area contributed by atoms with E-state index < -0.39 is 21.9 Å². The van der Waals surface area contributed by atoms with Crippen molar-refractivity contribution >= 4 is 33.5 Å². The average Bonchev–Trinajstić information content (AvgIpc) is 2.65. The van der Waals surface area contributed by atoms with E-state index in [1.165, 1.54) is 17.5 Å². The van der Waals surface area contributed by atoms with Crippen LogP contribution < -0.4 is 5.32 Å². The summed E-state index contributed by atoms with van der Waals surface area (Å²) in [6.07, 6.45) is 1.10. The summed E-state index contributed by atoms with van der Waals surface area (Å²) in [7, 11) is -2.00. The van der Waals surface area contributed by atoms with Crippen LogP contribution in [0, 0.1) is 0 Å². The number of nitrogens with zero attached hydrogens (tertiary/aromatic N) is 2. The molecular formula is C17H23N3O6S. The molecule has 1 aliphatic heterocycles. The summed E-state index contributed by atoms with van der Waals surface area (Å²) in [4.78, 5) is 37.6. The van der Waals surface area contributed by atoms with Crippen LogP contribution in [0.2, 0.25) is 0 Å². The molecule has 0 aromatic heterocycles. The van der Waals surface area contributed by atoms with E-state index in [-0.39, 0.29) is 37.4 Å². The average molecular weight is 397 g/mol. The fourth-order valence-electron chi connectivity index (χ4n) is 2.74. The summed E-state index contributed by atoms with van der Waals surface area (Å²) in [6.45, 7) is 1.12. The molecule has 1 aromatic rings. The molecule has 1 aliphatic rings. The number of carbonyl (C=O) groups excluding carboxylic acids is 3. The molecule has 10 heteroatoms. The predicted molar refractivity (Wildman–Crippen MR) is 98.6 cm³/mol. The second-order valence-electron chi connectivity index (χ2n) is 6.13. The molecule has 0 unspecified atom stereocenters. The number of esters is 1. The van der Waals surface area contributed by atoms with Crippen molar-refractivity contribution in [2.75, 3.05) is 44.9 Å². The van der Waals surface area contributed by atoms with Crippen molar-refractivity contribution in [3.05, 3.63) is 29.8 Å². The number of ether oxygens (including phenoxy) is 1. The summed E-state index contributed by atoms with van der Waals surface area (Å²) in [5.41, 5.74) is 0.556. The standard InChI is InChI=1S/C17H23N3O6S/c1-26-17(23)13-5-3-4-6-14(13)18-15(21)7-8-16(22)19-9-11-20(12-10-19)27(2,24)25/h3-6H,7-12H2,1-2H3,(H,18,21). The fourth-order valence-corrected chi connectivity index (χ4v) is 3.57. The molecule has 2 rings (SSSR count). The molecule has 1 aromatic carbocycles. The first-order valence-corrected chi connectivity index (χ1v) is 10.3. The number of para-hydroxylation sites is 1. The first kappa shape index (κ1) is 20.8. The van der Waals surface area contributed by atoms with Crippen LogP contribution in [0.4, 0.5) is 5.69 Å². The van der Waals surface area contributed by atoms with Crippen LogP contribution in [0.25, 0.3) is 0 Å². The van der Waals surface area contributed by atoms with E-state index >= 15 is 0 Å². The van der Waals surface area contributed by atoms with Crippen molar-refractivity contribution in [3.63, 3.8) is 0 Å². The smallest absolute Gasteiger partial charge is 0.339 e. The lowest BCUT2D eigenvalue weighted by atomic mass is 10.1. The number of hydrogen-bond acceptors (Lipinski definition) is 6. The Morgan fingerprint density at radius 1 is 1.07 bits per heavy atom. The highest BCUT2D eigenvalue weighted by Crippen LogP contribution is 2.16. The zero-order valence-corrected chi connectivity index (χ0v) is 16.1. The van der Waals surface area contributed by atoms with Crippen LogP contribution in [0.5, 0.6) is 0 Å². The number of benzene rings is 1. The largest absolute Gasteiger partial charge is 0.465 e. The van der Waals surface area contributed by atoms with Gasteiger partial charge in [0.25, 0.3) is 0 Å². The molecule has 148 valence electrons. The Kier molecular flexibility index (Phi) is 6.92. The summed E-state index contributed by atoms with van der Waals surface area (Å²) in [5, 5.41) is 2.61. The van der Waals surface area contributed by atoms with Crippen LogP contribution >= 0.6 is 0 Å². The second kappa shape index (κ2) is 8.96. The zero-order valence-electron chi connectivity index (χ0n) is 15.3. The van der Waals surface area contributed by atoms with Gasteiger partial charge in [0.15, 0.2) is 0 Å². The van der Waals surface area contributed by atoms with E-state index in [1.54, 1.807) is 23.1 Å². The van der Waals surface area contributed by atoms with E-state index in [1.807, 2.05) is 0 Å². The first-order valence-electron chi connectivity index (χ1n) is 8.42. The minimum absolute atomic E-state index is 0.00506. The molecule has 1 saturated heterocycles. The Labute approximate surface area is 158 Å². The molecule has 1 heterocycles. The molecule has 0 bridgehead atoms. The van der Waals surface area contributed by atoms with Crippen LogP contribution in [-0.4, -0.2) is 75.0 Å². The van der Waals surface area contributed by atoms with Gasteiger partial charge in [0, 0.05) is 39.0 Å². The lowest BCUT2D eigenvalue weighted by molar-refractivity contribution is -0.133. The molecule has 0 saturated carbocycles. The van der Waals surface area contributed by atoms with E-state index in [4.69, 9.17) is 0 Å². The van der Waals surface area contributed by atoms with E-state index in [2.05, 4.69) is 10.1 Å². The van der Waals surface area contributed by atoms with Gasteiger partial charge in [0.2, 0.25) is 21.8 Å². The Morgan fingerprint density at radius 2 is 1.70 bits per heavy atom. The van der Waals surface area contributed by atoms with Gasteiger partial charge in [-0.1, -0.05) is 12.1 Å². The summed E-state index contributed by atoms with van der Waals surface area (Å²) >= 11 is 0. The van der Waals surface area contributed by atoms with Gasteiger partial charge >= 0.3 is 5.97 Å². The number of piperazine rings is 1. The highest BCUT2D eigenvalue weighted by molar-refractivity contribution is 7.88. The van der Waals surface area contributed by atoms with Crippen LogP contribution in [-0.2, 0) is 24.3 Å². The Morgan fingerprint density at radius 3 is 2.30 bits per heavy atom. The summed E-state index contributed by atoms with van der Waals surface area (Å²) in [6, 6.07) is 6.44. The Hall–Kier alpha value is -2.46. The normalized spacial score (nSPS) is 15.3. The van der Waals surface area contributed by atoms with Gasteiger partial charge < -0.3 is 15.0 Å². The van der Waals surface area contributed by atoms with Crippen molar-refractivity contribution in [1.82, 2.24) is 9.21 Å². The molecule has 1 fully saturated rings. The van der Waals surface area contributed by atoms with Crippen molar-refractivity contribution in [3.8, 4) is 0 Å². The van der Waals surface area contributed by atoms with Gasteiger partial charge in [-0.2, -0.15) is 4.31 Å². The molecule has 0 atom stereocenters. The number of carbonyl (C=O) groups is 3.